The van der Waals surface area contributed by atoms with Crippen LogP contribution in [0.4, 0.5) is 15.8 Å². The van der Waals surface area contributed by atoms with Crippen LogP contribution in [0.1, 0.15) is 22.8 Å². The van der Waals surface area contributed by atoms with E-state index < -0.39 is 6.10 Å². The van der Waals surface area contributed by atoms with Gasteiger partial charge in [0.05, 0.1) is 0 Å². The Morgan fingerprint density at radius 1 is 0.897 bits per heavy atom. The highest BCUT2D eigenvalue weighted by Crippen LogP contribution is 2.18. The Hall–Kier alpha value is -3.67. The van der Waals surface area contributed by atoms with E-state index in [9.17, 15) is 14.0 Å². The van der Waals surface area contributed by atoms with Crippen molar-refractivity contribution in [2.75, 3.05) is 10.6 Å². The molecule has 148 valence electrons. The fourth-order valence-corrected chi connectivity index (χ4v) is 2.63. The Morgan fingerprint density at radius 3 is 2.21 bits per heavy atom. The number of aryl methyl sites for hydroxylation is 1. The maximum atomic E-state index is 12.9. The lowest BCUT2D eigenvalue weighted by Crippen LogP contribution is -2.30. The van der Waals surface area contributed by atoms with Crippen LogP contribution in [-0.2, 0) is 4.79 Å². The van der Waals surface area contributed by atoms with Gasteiger partial charge in [0.2, 0.25) is 0 Å². The lowest BCUT2D eigenvalue weighted by Gasteiger charge is -2.16. The van der Waals surface area contributed by atoms with E-state index >= 15 is 0 Å². The van der Waals surface area contributed by atoms with Crippen LogP contribution < -0.4 is 15.4 Å². The molecule has 6 heteroatoms. The van der Waals surface area contributed by atoms with Crippen molar-refractivity contribution in [3.05, 3.63) is 89.7 Å². The van der Waals surface area contributed by atoms with Gasteiger partial charge in [-0.3, -0.25) is 9.59 Å². The van der Waals surface area contributed by atoms with Crippen LogP contribution in [0.25, 0.3) is 0 Å². The van der Waals surface area contributed by atoms with E-state index in [0.717, 1.165) is 11.3 Å². The van der Waals surface area contributed by atoms with Gasteiger partial charge in [-0.05, 0) is 74.0 Å². The van der Waals surface area contributed by atoms with Gasteiger partial charge < -0.3 is 15.4 Å². The molecule has 0 saturated heterocycles. The molecule has 29 heavy (non-hydrogen) atoms. The van der Waals surface area contributed by atoms with E-state index in [4.69, 9.17) is 4.74 Å². The summed E-state index contributed by atoms with van der Waals surface area (Å²) >= 11 is 0. The third-order valence-corrected chi connectivity index (χ3v) is 4.30. The van der Waals surface area contributed by atoms with Gasteiger partial charge in [-0.25, -0.2) is 4.39 Å². The standard InChI is InChI=1S/C23H21FN2O3/c1-15-5-3-4-6-21(15)26-22(27)16(2)29-20-13-7-17(8-14-20)23(28)25-19-11-9-18(24)10-12-19/h3-14,16H,1-2H3,(H,25,28)(H,26,27)/t16-/m1/s1. The zero-order valence-electron chi connectivity index (χ0n) is 16.1. The fourth-order valence-electron chi connectivity index (χ4n) is 2.63. The first-order valence-electron chi connectivity index (χ1n) is 9.12. The molecule has 0 fully saturated rings. The van der Waals surface area contributed by atoms with E-state index in [2.05, 4.69) is 10.6 Å². The number of anilines is 2. The molecule has 5 nitrogen and oxygen atoms in total. The molecule has 3 rings (SSSR count). The average molecular weight is 392 g/mol. The molecule has 2 amide bonds. The number of rotatable bonds is 6. The van der Waals surface area contributed by atoms with Gasteiger partial charge in [0.15, 0.2) is 6.10 Å². The lowest BCUT2D eigenvalue weighted by atomic mass is 10.2. The number of amides is 2. The number of hydrogen-bond donors (Lipinski definition) is 2. The number of nitrogens with one attached hydrogen (secondary N) is 2. The van der Waals surface area contributed by atoms with Gasteiger partial charge in [-0.15, -0.1) is 0 Å². The monoisotopic (exact) mass is 392 g/mol. The predicted molar refractivity (Wildman–Crippen MR) is 111 cm³/mol. The van der Waals surface area contributed by atoms with Crippen molar-refractivity contribution >= 4 is 23.2 Å². The van der Waals surface area contributed by atoms with Gasteiger partial charge in [-0.1, -0.05) is 18.2 Å². The second kappa shape index (κ2) is 9.01. The summed E-state index contributed by atoms with van der Waals surface area (Å²) in [6.45, 7) is 3.57. The molecule has 0 heterocycles. The number of halogens is 1. The van der Waals surface area contributed by atoms with Crippen molar-refractivity contribution < 1.29 is 18.7 Å². The third kappa shape index (κ3) is 5.42. The minimum Gasteiger partial charge on any atom is -0.481 e. The predicted octanol–water partition coefficient (Wildman–Crippen LogP) is 4.79. The molecule has 2 N–H and O–H groups in total. The van der Waals surface area contributed by atoms with E-state index in [0.29, 0.717) is 17.0 Å². The summed E-state index contributed by atoms with van der Waals surface area (Å²) in [5, 5.41) is 5.52. The van der Waals surface area contributed by atoms with E-state index in [1.165, 1.54) is 24.3 Å². The van der Waals surface area contributed by atoms with Crippen LogP contribution in [0.5, 0.6) is 5.75 Å². The number of para-hydroxylation sites is 1. The molecule has 3 aromatic rings. The van der Waals surface area contributed by atoms with Gasteiger partial charge in [-0.2, -0.15) is 0 Å². The van der Waals surface area contributed by atoms with Gasteiger partial charge in [0, 0.05) is 16.9 Å². The summed E-state index contributed by atoms with van der Waals surface area (Å²) in [4.78, 5) is 24.6. The molecule has 0 radical (unpaired) electrons. The highest BCUT2D eigenvalue weighted by Gasteiger charge is 2.16. The molecule has 0 bridgehead atoms. The van der Waals surface area contributed by atoms with Crippen LogP contribution in [0.15, 0.2) is 72.8 Å². The lowest BCUT2D eigenvalue weighted by molar-refractivity contribution is -0.122. The first kappa shape index (κ1) is 20.1. The number of carbonyl (C=O) groups is 2. The van der Waals surface area contributed by atoms with Crippen molar-refractivity contribution in [1.29, 1.82) is 0 Å². The second-order valence-corrected chi connectivity index (χ2v) is 6.55. The molecule has 1 atom stereocenters. The van der Waals surface area contributed by atoms with Crippen LogP contribution >= 0.6 is 0 Å². The third-order valence-electron chi connectivity index (χ3n) is 4.30. The van der Waals surface area contributed by atoms with E-state index in [1.54, 1.807) is 31.2 Å². The molecule has 0 aliphatic heterocycles. The number of hydrogen-bond acceptors (Lipinski definition) is 3. The Morgan fingerprint density at radius 2 is 1.55 bits per heavy atom. The molecule has 0 aliphatic carbocycles. The van der Waals surface area contributed by atoms with Crippen LogP contribution in [0, 0.1) is 12.7 Å². The van der Waals surface area contributed by atoms with Crippen LogP contribution in [0.2, 0.25) is 0 Å². The minimum absolute atomic E-state index is 0.266. The summed E-state index contributed by atoms with van der Waals surface area (Å²) in [5.41, 5.74) is 2.61. The summed E-state index contributed by atoms with van der Waals surface area (Å²) in [5.74, 6) is -0.494. The summed E-state index contributed by atoms with van der Waals surface area (Å²) in [6.07, 6.45) is -0.714. The van der Waals surface area contributed by atoms with E-state index in [-0.39, 0.29) is 17.6 Å². The Bertz CT molecular complexity index is 1000. The smallest absolute Gasteiger partial charge is 0.265 e. The molecule has 3 aromatic carbocycles. The zero-order chi connectivity index (χ0) is 20.8. The Kier molecular flexibility index (Phi) is 6.24. The van der Waals surface area contributed by atoms with E-state index in [1.807, 2.05) is 31.2 Å². The van der Waals surface area contributed by atoms with Crippen LogP contribution in [-0.4, -0.2) is 17.9 Å². The molecule has 0 aliphatic rings. The SMILES string of the molecule is Cc1ccccc1NC(=O)[C@@H](C)Oc1ccc(C(=O)Nc2ccc(F)cc2)cc1. The first-order chi connectivity index (χ1) is 13.9. The Labute approximate surface area is 168 Å². The molecular weight excluding hydrogens is 371 g/mol. The molecule has 0 aromatic heterocycles. The topological polar surface area (TPSA) is 67.4 Å². The first-order valence-corrected chi connectivity index (χ1v) is 9.12. The van der Waals surface area contributed by atoms with Crippen molar-refractivity contribution in [2.45, 2.75) is 20.0 Å². The Balaban J connectivity index is 1.58. The van der Waals surface area contributed by atoms with Crippen LogP contribution in [0.3, 0.4) is 0 Å². The maximum Gasteiger partial charge on any atom is 0.265 e. The van der Waals surface area contributed by atoms with Crippen molar-refractivity contribution in [3.63, 3.8) is 0 Å². The summed E-state index contributed by atoms with van der Waals surface area (Å²) < 4.78 is 18.6. The summed E-state index contributed by atoms with van der Waals surface area (Å²) in [7, 11) is 0. The molecular formula is C23H21FN2O3. The van der Waals surface area contributed by atoms with Gasteiger partial charge in [0.25, 0.3) is 11.8 Å². The van der Waals surface area contributed by atoms with Crippen molar-refractivity contribution in [2.24, 2.45) is 0 Å². The number of benzene rings is 3. The van der Waals surface area contributed by atoms with Crippen molar-refractivity contribution in [1.82, 2.24) is 0 Å². The quantitative estimate of drug-likeness (QED) is 0.634. The van der Waals surface area contributed by atoms with Gasteiger partial charge in [0.1, 0.15) is 11.6 Å². The minimum atomic E-state index is -0.714. The highest BCUT2D eigenvalue weighted by molar-refractivity contribution is 6.04. The molecule has 0 unspecified atom stereocenters. The average Bonchev–Trinajstić information content (AvgIpc) is 2.72. The van der Waals surface area contributed by atoms with Gasteiger partial charge >= 0.3 is 0 Å². The summed E-state index contributed by atoms with van der Waals surface area (Å²) in [6, 6.07) is 19.5. The molecule has 0 saturated carbocycles. The molecule has 0 spiro atoms. The number of carbonyl (C=O) groups excluding carboxylic acids is 2. The number of ether oxygens (including phenoxy) is 1. The van der Waals surface area contributed by atoms with Crippen molar-refractivity contribution in [3.8, 4) is 5.75 Å². The largest absolute Gasteiger partial charge is 0.481 e. The zero-order valence-corrected chi connectivity index (χ0v) is 16.1. The normalized spacial score (nSPS) is 11.4. The fraction of sp³-hybridized carbons (Fsp3) is 0.130. The maximum absolute atomic E-state index is 12.9. The highest BCUT2D eigenvalue weighted by atomic mass is 19.1. The second-order valence-electron chi connectivity index (χ2n) is 6.55.